The van der Waals surface area contributed by atoms with Crippen LogP contribution in [0.3, 0.4) is 0 Å². The average molecular weight is 423 g/mol. The van der Waals surface area contributed by atoms with Gasteiger partial charge in [0, 0.05) is 35.7 Å². The Kier molecular flexibility index (Phi) is 5.41. The highest BCUT2D eigenvalue weighted by Crippen LogP contribution is 2.34. The molecule has 1 N–H and O–H groups in total. The van der Waals surface area contributed by atoms with Gasteiger partial charge in [-0.3, -0.25) is 14.9 Å². The number of benzene rings is 2. The molecule has 0 aliphatic carbocycles. The molecular weight excluding hydrogens is 402 g/mol. The molecule has 30 heavy (non-hydrogen) atoms. The van der Waals surface area contributed by atoms with Gasteiger partial charge in [0.15, 0.2) is 16.6 Å². The molecule has 0 spiro atoms. The van der Waals surface area contributed by atoms with E-state index in [9.17, 15) is 9.59 Å². The number of methoxy groups -OCH3 is 2. The van der Waals surface area contributed by atoms with Crippen LogP contribution in [0.1, 0.15) is 22.8 Å². The summed E-state index contributed by atoms with van der Waals surface area (Å²) in [6, 6.07) is 11.0. The topological polar surface area (TPSA) is 80.8 Å². The number of rotatable bonds is 5. The zero-order valence-electron chi connectivity index (χ0n) is 16.9. The summed E-state index contributed by atoms with van der Waals surface area (Å²) in [5.41, 5.74) is 4.19. The molecule has 4 rings (SSSR count). The zero-order chi connectivity index (χ0) is 21.3. The molecule has 0 radical (unpaired) electrons. The Balaban J connectivity index is 1.53. The quantitative estimate of drug-likeness (QED) is 0.671. The molecule has 7 nitrogen and oxygen atoms in total. The van der Waals surface area contributed by atoms with Crippen LogP contribution in [0.15, 0.2) is 41.8 Å². The average Bonchev–Trinajstić information content (AvgIpc) is 3.39. The smallest absolute Gasteiger partial charge is 0.257 e. The fourth-order valence-corrected chi connectivity index (χ4v) is 4.19. The normalized spacial score (nSPS) is 12.4. The van der Waals surface area contributed by atoms with E-state index < -0.39 is 0 Å². The van der Waals surface area contributed by atoms with Crippen molar-refractivity contribution in [3.05, 3.63) is 52.9 Å². The molecule has 154 valence electrons. The minimum atomic E-state index is -0.284. The second-order valence-electron chi connectivity index (χ2n) is 6.83. The number of ether oxygens (including phenoxy) is 2. The van der Waals surface area contributed by atoms with Crippen molar-refractivity contribution in [3.63, 3.8) is 0 Å². The molecule has 0 saturated carbocycles. The Bertz CT molecular complexity index is 1130. The Morgan fingerprint density at radius 3 is 2.63 bits per heavy atom. The van der Waals surface area contributed by atoms with Crippen molar-refractivity contribution in [2.24, 2.45) is 0 Å². The largest absolute Gasteiger partial charge is 0.493 e. The summed E-state index contributed by atoms with van der Waals surface area (Å²) >= 11 is 1.35. The number of nitrogens with zero attached hydrogens (tertiary/aromatic N) is 2. The molecule has 2 aromatic carbocycles. The highest BCUT2D eigenvalue weighted by molar-refractivity contribution is 7.14. The van der Waals surface area contributed by atoms with E-state index in [0.717, 1.165) is 28.9 Å². The maximum atomic E-state index is 12.6. The van der Waals surface area contributed by atoms with Crippen LogP contribution >= 0.6 is 11.3 Å². The Hall–Kier alpha value is -3.39. The number of hydrogen-bond donors (Lipinski definition) is 1. The molecule has 3 aromatic rings. The van der Waals surface area contributed by atoms with Crippen molar-refractivity contribution in [2.45, 2.75) is 13.3 Å². The van der Waals surface area contributed by atoms with Gasteiger partial charge in [-0.2, -0.15) is 0 Å². The summed E-state index contributed by atoms with van der Waals surface area (Å²) in [6.07, 6.45) is 0.860. The Morgan fingerprint density at radius 2 is 1.90 bits per heavy atom. The molecular formula is C22H21N3O4S. The second-order valence-corrected chi connectivity index (χ2v) is 7.68. The van der Waals surface area contributed by atoms with Gasteiger partial charge in [0.25, 0.3) is 5.91 Å². The minimum Gasteiger partial charge on any atom is -0.493 e. The van der Waals surface area contributed by atoms with Crippen molar-refractivity contribution >= 4 is 34.0 Å². The first-order chi connectivity index (χ1) is 14.5. The van der Waals surface area contributed by atoms with E-state index in [1.807, 2.05) is 23.6 Å². The standard InChI is InChI=1S/C22H21N3O4S/c1-13(26)25-9-8-14-4-5-15(10-18(14)25)17-12-30-22(23-17)24-21(27)16-6-7-19(28-2)20(11-16)29-3/h4-7,10-12H,8-9H2,1-3H3,(H,23,24,27). The molecule has 1 aromatic heterocycles. The third-order valence-corrected chi connectivity index (χ3v) is 5.78. The van der Waals surface area contributed by atoms with Crippen molar-refractivity contribution in [3.8, 4) is 22.8 Å². The summed E-state index contributed by atoms with van der Waals surface area (Å²) < 4.78 is 10.5. The lowest BCUT2D eigenvalue weighted by Crippen LogP contribution is -2.25. The molecule has 0 fully saturated rings. The predicted octanol–water partition coefficient (Wildman–Crippen LogP) is 3.99. The summed E-state index contributed by atoms with van der Waals surface area (Å²) in [6.45, 7) is 2.28. The first kappa shape index (κ1) is 19.9. The van der Waals surface area contributed by atoms with E-state index >= 15 is 0 Å². The van der Waals surface area contributed by atoms with Gasteiger partial charge in [-0.05, 0) is 36.2 Å². The van der Waals surface area contributed by atoms with Gasteiger partial charge in [0.05, 0.1) is 19.9 Å². The van der Waals surface area contributed by atoms with E-state index in [-0.39, 0.29) is 11.8 Å². The molecule has 2 heterocycles. The third-order valence-electron chi connectivity index (χ3n) is 5.03. The molecule has 1 aliphatic rings. The van der Waals surface area contributed by atoms with Crippen LogP contribution in [0, 0.1) is 0 Å². The number of aromatic nitrogens is 1. The van der Waals surface area contributed by atoms with Crippen molar-refractivity contribution in [2.75, 3.05) is 31.0 Å². The number of anilines is 2. The number of hydrogen-bond acceptors (Lipinski definition) is 6. The molecule has 0 atom stereocenters. The SMILES string of the molecule is COc1ccc(C(=O)Nc2nc(-c3ccc4c(c3)N(C(C)=O)CC4)cs2)cc1OC. The van der Waals surface area contributed by atoms with Gasteiger partial charge in [-0.1, -0.05) is 12.1 Å². The van der Waals surface area contributed by atoms with Crippen LogP contribution in [0.25, 0.3) is 11.3 Å². The van der Waals surface area contributed by atoms with E-state index in [4.69, 9.17) is 9.47 Å². The van der Waals surface area contributed by atoms with E-state index in [1.54, 1.807) is 37.1 Å². The summed E-state index contributed by atoms with van der Waals surface area (Å²) in [4.78, 5) is 30.8. The van der Waals surface area contributed by atoms with Crippen LogP contribution in [0.2, 0.25) is 0 Å². The highest BCUT2D eigenvalue weighted by Gasteiger charge is 2.23. The van der Waals surface area contributed by atoms with Gasteiger partial charge in [0.2, 0.25) is 5.91 Å². The number of nitrogens with one attached hydrogen (secondary N) is 1. The Labute approximate surface area is 178 Å². The number of carbonyl (C=O) groups is 2. The maximum absolute atomic E-state index is 12.6. The van der Waals surface area contributed by atoms with Gasteiger partial charge in [-0.15, -0.1) is 11.3 Å². The lowest BCUT2D eigenvalue weighted by atomic mass is 10.1. The van der Waals surface area contributed by atoms with Crippen molar-refractivity contribution in [1.82, 2.24) is 4.98 Å². The lowest BCUT2D eigenvalue weighted by Gasteiger charge is -2.15. The number of amides is 2. The Morgan fingerprint density at radius 1 is 1.10 bits per heavy atom. The second kappa shape index (κ2) is 8.16. The molecule has 8 heteroatoms. The number of thiazole rings is 1. The molecule has 0 bridgehead atoms. The van der Waals surface area contributed by atoms with Crippen molar-refractivity contribution in [1.29, 1.82) is 0 Å². The van der Waals surface area contributed by atoms with Crippen LogP contribution < -0.4 is 19.7 Å². The molecule has 2 amide bonds. The van der Waals surface area contributed by atoms with Gasteiger partial charge in [0.1, 0.15) is 0 Å². The van der Waals surface area contributed by atoms with Crippen LogP contribution in [-0.2, 0) is 11.2 Å². The van der Waals surface area contributed by atoms with Gasteiger partial charge < -0.3 is 14.4 Å². The first-order valence-electron chi connectivity index (χ1n) is 9.40. The van der Waals surface area contributed by atoms with E-state index in [2.05, 4.69) is 10.3 Å². The highest BCUT2D eigenvalue weighted by atomic mass is 32.1. The first-order valence-corrected chi connectivity index (χ1v) is 10.3. The number of fused-ring (bicyclic) bond motifs is 1. The maximum Gasteiger partial charge on any atom is 0.257 e. The fourth-order valence-electron chi connectivity index (χ4n) is 3.48. The van der Waals surface area contributed by atoms with Gasteiger partial charge >= 0.3 is 0 Å². The summed E-state index contributed by atoms with van der Waals surface area (Å²) in [5, 5.41) is 5.21. The van der Waals surface area contributed by atoms with Crippen LogP contribution in [0.4, 0.5) is 10.8 Å². The minimum absolute atomic E-state index is 0.0343. The lowest BCUT2D eigenvalue weighted by molar-refractivity contribution is -0.116. The summed E-state index contributed by atoms with van der Waals surface area (Å²) in [5.74, 6) is 0.792. The van der Waals surface area contributed by atoms with Crippen molar-refractivity contribution < 1.29 is 19.1 Å². The predicted molar refractivity (Wildman–Crippen MR) is 117 cm³/mol. The van der Waals surface area contributed by atoms with E-state index in [0.29, 0.717) is 28.7 Å². The molecule has 0 unspecified atom stereocenters. The monoisotopic (exact) mass is 423 g/mol. The van der Waals surface area contributed by atoms with Crippen LogP contribution in [-0.4, -0.2) is 37.6 Å². The fraction of sp³-hybridized carbons (Fsp3) is 0.227. The van der Waals surface area contributed by atoms with Gasteiger partial charge in [-0.25, -0.2) is 4.98 Å². The zero-order valence-corrected chi connectivity index (χ0v) is 17.7. The third kappa shape index (κ3) is 3.73. The summed E-state index contributed by atoms with van der Waals surface area (Å²) in [7, 11) is 3.07. The van der Waals surface area contributed by atoms with Crippen LogP contribution in [0.5, 0.6) is 11.5 Å². The van der Waals surface area contributed by atoms with E-state index in [1.165, 1.54) is 18.4 Å². The molecule has 1 aliphatic heterocycles. The molecule has 0 saturated heterocycles. The number of carbonyl (C=O) groups excluding carboxylic acids is 2.